The Balaban J connectivity index is 1.38. The number of benzene rings is 3. The summed E-state index contributed by atoms with van der Waals surface area (Å²) in [5.74, 6) is 0.765. The molecule has 0 bridgehead atoms. The van der Waals surface area contributed by atoms with E-state index in [1.807, 2.05) is 37.3 Å². The van der Waals surface area contributed by atoms with Crippen LogP contribution in [-0.4, -0.2) is 19.2 Å². The van der Waals surface area contributed by atoms with E-state index in [1.165, 1.54) is 0 Å². The third-order valence-electron chi connectivity index (χ3n) is 5.82. The molecule has 0 aliphatic heterocycles. The van der Waals surface area contributed by atoms with Gasteiger partial charge >= 0.3 is 0 Å². The van der Waals surface area contributed by atoms with Crippen molar-refractivity contribution < 1.29 is 12.8 Å². The number of furan rings is 1. The van der Waals surface area contributed by atoms with Crippen LogP contribution in [0.3, 0.4) is 0 Å². The minimum atomic E-state index is -3.86. The number of amidine groups is 1. The molecule has 9 heteroatoms. The summed E-state index contributed by atoms with van der Waals surface area (Å²) in [6, 6.07) is 21.2. The summed E-state index contributed by atoms with van der Waals surface area (Å²) in [5, 5.41) is 12.4. The van der Waals surface area contributed by atoms with Gasteiger partial charge in [0.1, 0.15) is 22.1 Å². The maximum atomic E-state index is 13.1. The fourth-order valence-corrected chi connectivity index (χ4v) is 5.19. The minimum Gasteiger partial charge on any atom is -0.459 e. The van der Waals surface area contributed by atoms with Crippen molar-refractivity contribution in [2.45, 2.75) is 18.4 Å². The topological polar surface area (TPSA) is 134 Å². The third-order valence-corrected chi connectivity index (χ3v) is 7.24. The van der Waals surface area contributed by atoms with Gasteiger partial charge in [0.2, 0.25) is 0 Å². The number of nitrogen functional groups attached to an aromatic ring is 1. The highest BCUT2D eigenvalue weighted by atomic mass is 32.2. The summed E-state index contributed by atoms with van der Waals surface area (Å²) in [4.78, 5) is 4.37. The van der Waals surface area contributed by atoms with Crippen LogP contribution < -0.4 is 15.8 Å². The molecule has 0 fully saturated rings. The molecule has 0 unspecified atom stereocenters. The minimum absolute atomic E-state index is 0.0211. The molecule has 2 heterocycles. The van der Waals surface area contributed by atoms with Crippen LogP contribution in [0, 0.1) is 12.3 Å². The number of fused-ring (bicyclic) bond motifs is 2. The third kappa shape index (κ3) is 4.41. The van der Waals surface area contributed by atoms with Gasteiger partial charge in [0.25, 0.3) is 10.0 Å². The summed E-state index contributed by atoms with van der Waals surface area (Å²) in [6.07, 6.45) is 1.58. The van der Waals surface area contributed by atoms with Gasteiger partial charge in [0.15, 0.2) is 0 Å². The van der Waals surface area contributed by atoms with E-state index in [0.29, 0.717) is 28.9 Å². The van der Waals surface area contributed by atoms with Gasteiger partial charge in [-0.1, -0.05) is 18.2 Å². The first-order chi connectivity index (χ1) is 16.8. The Morgan fingerprint density at radius 1 is 1.03 bits per heavy atom. The predicted octanol–water partition coefficient (Wildman–Crippen LogP) is 4.99. The van der Waals surface area contributed by atoms with Crippen LogP contribution in [0.25, 0.3) is 21.9 Å². The lowest BCUT2D eigenvalue weighted by atomic mass is 10.1. The highest BCUT2D eigenvalue weighted by molar-refractivity contribution is 7.93. The average Bonchev–Trinajstić information content (AvgIpc) is 3.17. The van der Waals surface area contributed by atoms with Crippen LogP contribution in [0.1, 0.15) is 16.9 Å². The van der Waals surface area contributed by atoms with Crippen molar-refractivity contribution >= 4 is 49.1 Å². The first-order valence-corrected chi connectivity index (χ1v) is 12.4. The summed E-state index contributed by atoms with van der Waals surface area (Å²) >= 11 is 0. The zero-order valence-electron chi connectivity index (χ0n) is 18.9. The fraction of sp³-hybridized carbons (Fsp3) is 0.0769. The molecule has 0 aliphatic rings. The van der Waals surface area contributed by atoms with E-state index < -0.39 is 10.0 Å². The number of hydrogen-bond donors (Lipinski definition) is 4. The molecule has 2 aromatic heterocycles. The molecule has 5 aromatic rings. The molecule has 5 N–H and O–H groups in total. The molecule has 0 spiro atoms. The van der Waals surface area contributed by atoms with Crippen molar-refractivity contribution in [3.8, 4) is 0 Å². The Morgan fingerprint density at radius 2 is 1.77 bits per heavy atom. The Labute approximate surface area is 202 Å². The molecular formula is C26H23N5O3S. The standard InChI is InChI=1S/C26H23N5O3S/c1-16-21-12-11-20(31-35(32,33)24-6-2-4-17-5-3-13-29-25(17)24)14-22(21)34-23(16)15-30-19-9-7-18(8-10-19)26(27)28/h2-14,30-31H,15H2,1H3,(H3,27,28). The second kappa shape index (κ2) is 8.77. The van der Waals surface area contributed by atoms with Crippen LogP contribution >= 0.6 is 0 Å². The van der Waals surface area contributed by atoms with Gasteiger partial charge in [0, 0.05) is 39.8 Å². The predicted molar refractivity (Wildman–Crippen MR) is 138 cm³/mol. The number of para-hydroxylation sites is 1. The zero-order valence-corrected chi connectivity index (χ0v) is 19.7. The van der Waals surface area contributed by atoms with Crippen molar-refractivity contribution in [3.63, 3.8) is 0 Å². The molecule has 0 saturated carbocycles. The summed E-state index contributed by atoms with van der Waals surface area (Å²) in [5.41, 5.74) is 9.40. The van der Waals surface area contributed by atoms with Gasteiger partial charge in [-0.15, -0.1) is 0 Å². The molecule has 0 atom stereocenters. The van der Waals surface area contributed by atoms with E-state index >= 15 is 0 Å². The Morgan fingerprint density at radius 3 is 2.54 bits per heavy atom. The number of rotatable bonds is 7. The molecular weight excluding hydrogens is 462 g/mol. The van der Waals surface area contributed by atoms with Crippen LogP contribution in [0.4, 0.5) is 11.4 Å². The van der Waals surface area contributed by atoms with E-state index in [9.17, 15) is 8.42 Å². The van der Waals surface area contributed by atoms with Gasteiger partial charge < -0.3 is 15.5 Å². The first-order valence-electron chi connectivity index (χ1n) is 10.9. The number of nitrogens with two attached hydrogens (primary N) is 1. The Bertz CT molecular complexity index is 1670. The molecule has 0 radical (unpaired) electrons. The SMILES string of the molecule is Cc1c(CNc2ccc(C(=N)N)cc2)oc2cc(NS(=O)(=O)c3cccc4cccnc34)ccc12. The summed E-state index contributed by atoms with van der Waals surface area (Å²) in [6.45, 7) is 2.41. The van der Waals surface area contributed by atoms with Gasteiger partial charge in [0.05, 0.1) is 17.7 Å². The summed E-state index contributed by atoms with van der Waals surface area (Å²) in [7, 11) is -3.86. The van der Waals surface area contributed by atoms with E-state index in [-0.39, 0.29) is 10.7 Å². The highest BCUT2D eigenvalue weighted by Crippen LogP contribution is 2.30. The van der Waals surface area contributed by atoms with E-state index in [2.05, 4.69) is 15.0 Å². The number of nitrogens with zero attached hydrogens (tertiary/aromatic N) is 1. The Hall–Kier alpha value is -4.37. The highest BCUT2D eigenvalue weighted by Gasteiger charge is 2.19. The number of nitrogens with one attached hydrogen (secondary N) is 3. The van der Waals surface area contributed by atoms with Crippen LogP contribution in [0.15, 0.2) is 88.3 Å². The first kappa shape index (κ1) is 22.4. The van der Waals surface area contributed by atoms with E-state index in [4.69, 9.17) is 15.6 Å². The normalized spacial score (nSPS) is 11.6. The summed E-state index contributed by atoms with van der Waals surface area (Å²) < 4.78 is 35.0. The molecule has 3 aromatic carbocycles. The maximum absolute atomic E-state index is 13.1. The monoisotopic (exact) mass is 485 g/mol. The largest absolute Gasteiger partial charge is 0.459 e. The van der Waals surface area contributed by atoms with Crippen molar-refractivity contribution in [1.82, 2.24) is 4.98 Å². The molecule has 0 aliphatic carbocycles. The number of aromatic nitrogens is 1. The number of sulfonamides is 1. The van der Waals surface area contributed by atoms with Crippen LogP contribution in [-0.2, 0) is 16.6 Å². The second-order valence-electron chi connectivity index (χ2n) is 8.14. The number of aryl methyl sites for hydroxylation is 1. The molecule has 8 nitrogen and oxygen atoms in total. The van der Waals surface area contributed by atoms with Gasteiger partial charge in [-0.25, -0.2) is 8.42 Å². The quantitative estimate of drug-likeness (QED) is 0.190. The lowest BCUT2D eigenvalue weighted by molar-refractivity contribution is 0.556. The maximum Gasteiger partial charge on any atom is 0.264 e. The fourth-order valence-electron chi connectivity index (χ4n) is 3.96. The van der Waals surface area contributed by atoms with Crippen LogP contribution in [0.5, 0.6) is 0 Å². The van der Waals surface area contributed by atoms with Crippen molar-refractivity contribution in [2.24, 2.45) is 5.73 Å². The van der Waals surface area contributed by atoms with E-state index in [1.54, 1.807) is 48.7 Å². The van der Waals surface area contributed by atoms with Crippen molar-refractivity contribution in [1.29, 1.82) is 5.41 Å². The van der Waals surface area contributed by atoms with Crippen LogP contribution in [0.2, 0.25) is 0 Å². The molecule has 0 amide bonds. The number of anilines is 2. The molecule has 176 valence electrons. The van der Waals surface area contributed by atoms with Crippen molar-refractivity contribution in [3.05, 3.63) is 95.9 Å². The lowest BCUT2D eigenvalue weighted by Gasteiger charge is -2.10. The zero-order chi connectivity index (χ0) is 24.6. The van der Waals surface area contributed by atoms with Gasteiger partial charge in [-0.05, 0) is 55.5 Å². The lowest BCUT2D eigenvalue weighted by Crippen LogP contribution is -2.13. The smallest absolute Gasteiger partial charge is 0.264 e. The van der Waals surface area contributed by atoms with Gasteiger partial charge in [-0.3, -0.25) is 15.1 Å². The van der Waals surface area contributed by atoms with Crippen molar-refractivity contribution in [2.75, 3.05) is 10.0 Å². The van der Waals surface area contributed by atoms with E-state index in [0.717, 1.165) is 27.8 Å². The average molecular weight is 486 g/mol. The number of hydrogen-bond acceptors (Lipinski definition) is 6. The van der Waals surface area contributed by atoms with Gasteiger partial charge in [-0.2, -0.15) is 0 Å². The Kier molecular flexibility index (Phi) is 5.62. The molecule has 35 heavy (non-hydrogen) atoms. The molecule has 0 saturated heterocycles. The molecule has 5 rings (SSSR count). The second-order valence-corrected chi connectivity index (χ2v) is 9.79. The number of pyridine rings is 1.